The maximum Gasteiger partial charge on any atom is 0.223 e. The Bertz CT molecular complexity index is 211. The molecule has 0 aromatic rings. The minimum Gasteiger partial charge on any atom is -0.339 e. The summed E-state index contributed by atoms with van der Waals surface area (Å²) in [6, 6.07) is 0. The van der Waals surface area contributed by atoms with Crippen molar-refractivity contribution in [2.75, 3.05) is 13.1 Å². The minimum atomic E-state index is 0.0435. The van der Waals surface area contributed by atoms with Crippen molar-refractivity contribution < 1.29 is 9.59 Å². The lowest BCUT2D eigenvalue weighted by Crippen LogP contribution is -2.31. The van der Waals surface area contributed by atoms with Gasteiger partial charge in [-0.05, 0) is 13.3 Å². The zero-order valence-corrected chi connectivity index (χ0v) is 9.08. The molecule has 0 atom stereocenters. The quantitative estimate of drug-likeness (QED) is 0.583. The van der Waals surface area contributed by atoms with Gasteiger partial charge in [0.1, 0.15) is 5.78 Å². The van der Waals surface area contributed by atoms with Gasteiger partial charge in [0.25, 0.3) is 0 Å². The van der Waals surface area contributed by atoms with Crippen molar-refractivity contribution in [2.45, 2.75) is 33.1 Å². The van der Waals surface area contributed by atoms with Crippen molar-refractivity contribution in [1.82, 2.24) is 4.90 Å². The van der Waals surface area contributed by atoms with E-state index in [9.17, 15) is 9.59 Å². The third-order valence-corrected chi connectivity index (χ3v) is 1.89. The number of hydrogen-bond acceptors (Lipinski definition) is 2. The molecule has 0 fully saturated rings. The standard InChI is InChI=1S/C11H19NO2/c1-4-8-12(9-5-2)11(14)7-6-10(3)13/h4H,1,5-9H2,2-3H3. The molecule has 3 nitrogen and oxygen atoms in total. The first-order chi connectivity index (χ1) is 6.61. The second-order valence-electron chi connectivity index (χ2n) is 3.33. The Labute approximate surface area is 85.8 Å². The average molecular weight is 197 g/mol. The zero-order chi connectivity index (χ0) is 11.0. The number of nitrogens with zero attached hydrogens (tertiary/aromatic N) is 1. The van der Waals surface area contributed by atoms with Crippen molar-refractivity contribution in [3.63, 3.8) is 0 Å². The van der Waals surface area contributed by atoms with Crippen molar-refractivity contribution in [2.24, 2.45) is 0 Å². The Morgan fingerprint density at radius 2 is 2.00 bits per heavy atom. The van der Waals surface area contributed by atoms with Gasteiger partial charge in [0.2, 0.25) is 5.91 Å². The van der Waals surface area contributed by atoms with Crippen LogP contribution in [-0.4, -0.2) is 29.7 Å². The highest BCUT2D eigenvalue weighted by molar-refractivity contribution is 5.83. The van der Waals surface area contributed by atoms with E-state index in [0.717, 1.165) is 13.0 Å². The molecule has 0 aliphatic heterocycles. The van der Waals surface area contributed by atoms with Gasteiger partial charge in [0.05, 0.1) is 0 Å². The largest absolute Gasteiger partial charge is 0.339 e. The summed E-state index contributed by atoms with van der Waals surface area (Å²) >= 11 is 0. The van der Waals surface area contributed by atoms with Crippen LogP contribution in [0.1, 0.15) is 33.1 Å². The molecule has 0 radical (unpaired) electrons. The van der Waals surface area contributed by atoms with Gasteiger partial charge in [-0.25, -0.2) is 0 Å². The lowest BCUT2D eigenvalue weighted by molar-refractivity contribution is -0.132. The van der Waals surface area contributed by atoms with Crippen molar-refractivity contribution in [3.8, 4) is 0 Å². The first-order valence-corrected chi connectivity index (χ1v) is 5.00. The van der Waals surface area contributed by atoms with Crippen LogP contribution in [0.2, 0.25) is 0 Å². The van der Waals surface area contributed by atoms with Gasteiger partial charge in [0, 0.05) is 25.9 Å². The van der Waals surface area contributed by atoms with Gasteiger partial charge < -0.3 is 9.69 Å². The Kier molecular flexibility index (Phi) is 6.72. The molecule has 0 rings (SSSR count). The van der Waals surface area contributed by atoms with E-state index in [2.05, 4.69) is 6.58 Å². The predicted octanol–water partition coefficient (Wildman–Crippen LogP) is 1.78. The van der Waals surface area contributed by atoms with Crippen molar-refractivity contribution in [3.05, 3.63) is 12.7 Å². The summed E-state index contributed by atoms with van der Waals surface area (Å²) in [6.07, 6.45) is 3.31. The monoisotopic (exact) mass is 197 g/mol. The molecule has 0 heterocycles. The number of ketones is 1. The normalized spacial score (nSPS) is 9.57. The Morgan fingerprint density at radius 1 is 1.36 bits per heavy atom. The third-order valence-electron chi connectivity index (χ3n) is 1.89. The molecule has 14 heavy (non-hydrogen) atoms. The molecule has 0 bridgehead atoms. The number of rotatable bonds is 7. The van der Waals surface area contributed by atoms with Gasteiger partial charge in [-0.1, -0.05) is 13.0 Å². The summed E-state index contributed by atoms with van der Waals surface area (Å²) in [5.74, 6) is 0.107. The van der Waals surface area contributed by atoms with Gasteiger partial charge in [0.15, 0.2) is 0 Å². The molecular weight excluding hydrogens is 178 g/mol. The SMILES string of the molecule is C=CCN(CCC)C(=O)CCC(C)=O. The van der Waals surface area contributed by atoms with Gasteiger partial charge in [-0.2, -0.15) is 0 Å². The third kappa shape index (κ3) is 5.51. The van der Waals surface area contributed by atoms with E-state index in [0.29, 0.717) is 19.4 Å². The Morgan fingerprint density at radius 3 is 2.43 bits per heavy atom. The average Bonchev–Trinajstić information content (AvgIpc) is 2.14. The number of carbonyl (C=O) groups excluding carboxylic acids is 2. The molecule has 0 N–H and O–H groups in total. The minimum absolute atomic E-state index is 0.0435. The van der Waals surface area contributed by atoms with Crippen molar-refractivity contribution in [1.29, 1.82) is 0 Å². The highest BCUT2D eigenvalue weighted by atomic mass is 16.2. The van der Waals surface area contributed by atoms with E-state index < -0.39 is 0 Å². The number of Topliss-reactive ketones (excluding diaryl/α,β-unsaturated/α-hetero) is 1. The topological polar surface area (TPSA) is 37.4 Å². The van der Waals surface area contributed by atoms with Crippen LogP contribution in [0.15, 0.2) is 12.7 Å². The smallest absolute Gasteiger partial charge is 0.223 e. The molecule has 0 aromatic carbocycles. The van der Waals surface area contributed by atoms with E-state index in [1.54, 1.807) is 11.0 Å². The molecule has 1 amide bonds. The molecule has 3 heteroatoms. The molecule has 0 saturated carbocycles. The van der Waals surface area contributed by atoms with Crippen LogP contribution >= 0.6 is 0 Å². The Balaban J connectivity index is 4.00. The summed E-state index contributed by atoms with van der Waals surface area (Å²) in [7, 11) is 0. The first-order valence-electron chi connectivity index (χ1n) is 5.00. The van der Waals surface area contributed by atoms with Crippen LogP contribution in [0.3, 0.4) is 0 Å². The Hall–Kier alpha value is -1.12. The highest BCUT2D eigenvalue weighted by Gasteiger charge is 2.11. The van der Waals surface area contributed by atoms with Gasteiger partial charge >= 0.3 is 0 Å². The fourth-order valence-corrected chi connectivity index (χ4v) is 1.18. The van der Waals surface area contributed by atoms with Gasteiger partial charge in [-0.15, -0.1) is 6.58 Å². The first kappa shape index (κ1) is 12.9. The molecule has 0 unspecified atom stereocenters. The number of carbonyl (C=O) groups is 2. The number of amides is 1. The van der Waals surface area contributed by atoms with Crippen molar-refractivity contribution >= 4 is 11.7 Å². The molecule has 80 valence electrons. The summed E-state index contributed by atoms with van der Waals surface area (Å²) < 4.78 is 0. The fraction of sp³-hybridized carbons (Fsp3) is 0.636. The second-order valence-corrected chi connectivity index (χ2v) is 3.33. The van der Waals surface area contributed by atoms with Crippen LogP contribution < -0.4 is 0 Å². The van der Waals surface area contributed by atoms with Crippen LogP contribution in [0.4, 0.5) is 0 Å². The molecule has 0 aliphatic carbocycles. The summed E-state index contributed by atoms with van der Waals surface area (Å²) in [5.41, 5.74) is 0. The van der Waals surface area contributed by atoms with Gasteiger partial charge in [-0.3, -0.25) is 4.79 Å². The summed E-state index contributed by atoms with van der Waals surface area (Å²) in [4.78, 5) is 24.0. The molecule has 0 saturated heterocycles. The van der Waals surface area contributed by atoms with Crippen LogP contribution in [0.25, 0.3) is 0 Å². The predicted molar refractivity (Wildman–Crippen MR) is 57.0 cm³/mol. The zero-order valence-electron chi connectivity index (χ0n) is 9.08. The molecular formula is C11H19NO2. The number of hydrogen-bond donors (Lipinski definition) is 0. The fourth-order valence-electron chi connectivity index (χ4n) is 1.18. The van der Waals surface area contributed by atoms with E-state index in [1.165, 1.54) is 6.92 Å². The van der Waals surface area contributed by atoms with Crippen LogP contribution in [-0.2, 0) is 9.59 Å². The maximum absolute atomic E-state index is 11.6. The van der Waals surface area contributed by atoms with E-state index in [4.69, 9.17) is 0 Å². The molecule has 0 spiro atoms. The maximum atomic E-state index is 11.6. The second kappa shape index (κ2) is 7.30. The van der Waals surface area contributed by atoms with E-state index in [1.807, 2.05) is 6.92 Å². The summed E-state index contributed by atoms with van der Waals surface area (Å²) in [5, 5.41) is 0. The lowest BCUT2D eigenvalue weighted by atomic mass is 10.2. The highest BCUT2D eigenvalue weighted by Crippen LogP contribution is 2.00. The van der Waals surface area contributed by atoms with E-state index in [-0.39, 0.29) is 11.7 Å². The van der Waals surface area contributed by atoms with Crippen LogP contribution in [0.5, 0.6) is 0 Å². The molecule has 0 aliphatic rings. The lowest BCUT2D eigenvalue weighted by Gasteiger charge is -2.19. The van der Waals surface area contributed by atoms with E-state index >= 15 is 0 Å². The van der Waals surface area contributed by atoms with Crippen LogP contribution in [0, 0.1) is 0 Å². The molecule has 0 aromatic heterocycles. The summed E-state index contributed by atoms with van der Waals surface area (Å²) in [6.45, 7) is 8.44.